The molecule has 0 amide bonds. The smallest absolute Gasteiger partial charge is 0.216 e. The zero-order valence-electron chi connectivity index (χ0n) is 89.3. The van der Waals surface area contributed by atoms with Gasteiger partial charge in [-0.3, -0.25) is 9.97 Å². The number of fused-ring (bicyclic) bond motifs is 9. The second-order valence-corrected chi connectivity index (χ2v) is 58.5. The molecule has 0 fully saturated rings. The van der Waals surface area contributed by atoms with Gasteiger partial charge in [0.15, 0.2) is 0 Å². The molecule has 0 saturated carbocycles. The fourth-order valence-corrected chi connectivity index (χ4v) is 22.5. The van der Waals surface area contributed by atoms with Crippen LogP contribution in [0.15, 0.2) is 323 Å². The zero-order chi connectivity index (χ0) is 103. The molecule has 12 heterocycles. The van der Waals surface area contributed by atoms with Crippen molar-refractivity contribution in [1.29, 1.82) is 0 Å². The van der Waals surface area contributed by atoms with Gasteiger partial charge in [-0.25, -0.2) is 9.37 Å². The van der Waals surface area contributed by atoms with Crippen LogP contribution in [0.25, 0.3) is 133 Å². The number of nitrogens with zero attached hydrogens (tertiary/aromatic N) is 9. The molecule has 12 aromatic heterocycles. The van der Waals surface area contributed by atoms with Crippen LogP contribution in [0.4, 0.5) is 4.39 Å². The standard InChI is InChI=1S/C29H27N2O.C26H21N2O.C24H16FN2O.2C18H24NSi.C15H18NSi.3Ir/c1-19-15-24-22-11-8-12-23(25-17-21(13-14-30-25)18-29(2,3)4)27(22)32-28(24)26(31-19)16-20-9-6-5-7-10-20;1-17(2)19-13-14-27-24(16-19)23-10-6-9-21-22-12-11-20(28-26(22)29-25(21)23)15-18-7-4-3-5-8-18;1-15-23-21(14-18(27-15)12-16-6-3-2-4-7-16)19-8-5-9-20(24(19)28-23)22-13-17(25)10-11-26-22;1-13(2)16-11-17(15-9-7-14(3)8-10-15)19-12-18(16)20(4,5)6;1-14(2)11-16-12-17(15-9-7-6-8-10-15)19-13-18(16)20(3,4)5;1-12-5-7-13(8-6-12)15-10-9-14(11-16-15)17(2,3)4;;;/h5-11,13-15,17H,16,18H2,1-4H3;3-9,11-14,16-17H,15H2,1-2H3;2-8,10-11,13-14H,12H2,1H3;7-9,11-13H,1-6H3;6-9,12-14H,11H2,1-5H3;5-7,9-11H,1-4H3;;;/q6*-1;;;. The van der Waals surface area contributed by atoms with Crippen LogP contribution in [0.1, 0.15) is 153 Å². The number of furan rings is 3. The summed E-state index contributed by atoms with van der Waals surface area (Å²) < 4.78 is 32.6. The molecule has 0 bridgehead atoms. The van der Waals surface area contributed by atoms with E-state index >= 15 is 0 Å². The van der Waals surface area contributed by atoms with Gasteiger partial charge in [0, 0.05) is 150 Å². The Morgan fingerprint density at radius 2 is 0.859 bits per heavy atom. The van der Waals surface area contributed by atoms with E-state index in [0.717, 1.165) is 172 Å². The molecule has 149 heavy (non-hydrogen) atoms. The van der Waals surface area contributed by atoms with Crippen LogP contribution >= 0.6 is 0 Å². The van der Waals surface area contributed by atoms with E-state index in [2.05, 4.69) is 379 Å². The van der Waals surface area contributed by atoms with E-state index in [0.29, 0.717) is 40.3 Å². The number of hydrogen-bond acceptors (Lipinski definition) is 12. The number of rotatable bonds is 20. The molecule has 9 aromatic carbocycles. The van der Waals surface area contributed by atoms with Crippen LogP contribution in [-0.2, 0) is 92.4 Å². The quantitative estimate of drug-likeness (QED) is 0.0527. The normalized spacial score (nSPS) is 11.5. The van der Waals surface area contributed by atoms with E-state index in [1.54, 1.807) is 0 Å². The minimum atomic E-state index is -1.35. The molecule has 0 N–H and O–H groups in total. The average molecular weight is 2550 g/mol. The first-order valence-electron chi connectivity index (χ1n) is 50.6. The predicted octanol–water partition coefficient (Wildman–Crippen LogP) is 32.0. The molecule has 12 nitrogen and oxygen atoms in total. The molecule has 0 saturated heterocycles. The second kappa shape index (κ2) is 50.3. The molecule has 21 aromatic rings. The van der Waals surface area contributed by atoms with Crippen molar-refractivity contribution < 1.29 is 78.0 Å². The van der Waals surface area contributed by atoms with Crippen molar-refractivity contribution in [1.82, 2.24) is 44.9 Å². The SMILES string of the molecule is CC(C)Cc1cc(-c2[c-]cccc2)ncc1[Si](C)(C)C.CC(C)c1ccnc(-c2[c-]ccc3c2oc2nc(Cc4ccccc4)ccc23)c1.Cc1c[c-]c(-c2cc(C(C)C)c([Si](C)(C)C)cn2)cc1.Cc1c[c-]c(-c2ccc([Si](C)(C)C)cn2)cc1.Cc1cc2c(oc3c(-c4cc(CC(C)(C)C)ccn4)[c-]ccc32)c(Cc2ccccc2)n1.Cc1nc(Cc2ccccc2)cc2c1oc1c(-c3cc(F)ccn3)[c-]ccc12.[Ir].[Ir].[Ir]. The maximum absolute atomic E-state index is 13.7. The van der Waals surface area contributed by atoms with Crippen molar-refractivity contribution in [3.05, 3.63) is 431 Å². The van der Waals surface area contributed by atoms with Crippen molar-refractivity contribution in [2.24, 2.45) is 11.3 Å². The predicted molar refractivity (Wildman–Crippen MR) is 612 cm³/mol. The van der Waals surface area contributed by atoms with Crippen LogP contribution in [-0.4, -0.2) is 69.1 Å². The van der Waals surface area contributed by atoms with Gasteiger partial charge in [0.25, 0.3) is 0 Å². The van der Waals surface area contributed by atoms with Gasteiger partial charge in [0.05, 0.1) is 52.4 Å². The summed E-state index contributed by atoms with van der Waals surface area (Å²) in [5.74, 6) is 1.30. The molecule has 3 radical (unpaired) electrons. The molecule has 19 heteroatoms. The van der Waals surface area contributed by atoms with E-state index in [1.165, 1.54) is 84.0 Å². The Labute approximate surface area is 923 Å². The second-order valence-electron chi connectivity index (χ2n) is 43.3. The molecule has 0 spiro atoms. The molecule has 0 unspecified atom stereocenters. The summed E-state index contributed by atoms with van der Waals surface area (Å²) in [6.45, 7) is 49.7. The summed E-state index contributed by atoms with van der Waals surface area (Å²) >= 11 is 0. The monoisotopic (exact) mass is 2550 g/mol. The van der Waals surface area contributed by atoms with E-state index in [1.807, 2.05) is 123 Å². The number of aryl methyl sites for hydroxylation is 4. The fraction of sp³-hybridized carbons (Fsp3) is 0.238. The summed E-state index contributed by atoms with van der Waals surface area (Å²) in [5.41, 5.74) is 32.1. The summed E-state index contributed by atoms with van der Waals surface area (Å²) in [7, 11) is -3.93. The molecule has 21 rings (SSSR count). The van der Waals surface area contributed by atoms with Gasteiger partial charge in [0.2, 0.25) is 5.71 Å². The van der Waals surface area contributed by atoms with Crippen molar-refractivity contribution in [3.8, 4) is 67.5 Å². The molecule has 0 aliphatic heterocycles. The minimum Gasteiger partial charge on any atom is -0.499 e. The third-order valence-electron chi connectivity index (χ3n) is 25.7. The zero-order valence-corrected chi connectivity index (χ0v) is 99.5. The van der Waals surface area contributed by atoms with Crippen molar-refractivity contribution >= 4 is 106 Å². The largest absolute Gasteiger partial charge is 0.499 e. The Hall–Kier alpha value is -12.7. The first-order chi connectivity index (χ1) is 69.9. The Kier molecular flexibility index (Phi) is 38.3. The maximum atomic E-state index is 13.7. The molecule has 0 aliphatic carbocycles. The summed E-state index contributed by atoms with van der Waals surface area (Å²) in [6, 6.07) is 111. The number of aromatic nitrogens is 9. The van der Waals surface area contributed by atoms with Gasteiger partial charge in [-0.15, -0.1) is 161 Å². The van der Waals surface area contributed by atoms with Gasteiger partial charge < -0.3 is 43.2 Å². The Morgan fingerprint density at radius 3 is 1.38 bits per heavy atom. The van der Waals surface area contributed by atoms with E-state index in [4.69, 9.17) is 33.2 Å². The third kappa shape index (κ3) is 29.1. The number of hydrogen-bond donors (Lipinski definition) is 0. The minimum absolute atomic E-state index is 0. The average Bonchev–Trinajstić information content (AvgIpc) is 1.63. The van der Waals surface area contributed by atoms with E-state index in [-0.39, 0.29) is 71.5 Å². The Morgan fingerprint density at radius 1 is 0.356 bits per heavy atom. The first-order valence-corrected chi connectivity index (χ1v) is 61.1. The number of benzene rings is 9. The molecule has 0 aliphatic rings. The van der Waals surface area contributed by atoms with E-state index in [9.17, 15) is 4.39 Å². The van der Waals surface area contributed by atoms with Crippen LogP contribution < -0.4 is 15.6 Å². The van der Waals surface area contributed by atoms with Crippen molar-refractivity contribution in [3.63, 3.8) is 0 Å². The third-order valence-corrected chi connectivity index (χ3v) is 31.8. The number of pyridine rings is 9. The van der Waals surface area contributed by atoms with Gasteiger partial charge >= 0.3 is 0 Å². The van der Waals surface area contributed by atoms with E-state index < -0.39 is 24.2 Å². The Balaban J connectivity index is 0.000000151. The fourth-order valence-electron chi connectivity index (χ4n) is 18.2. The summed E-state index contributed by atoms with van der Waals surface area (Å²) in [4.78, 5) is 41.8. The van der Waals surface area contributed by atoms with Gasteiger partial charge in [-0.2, -0.15) is 0 Å². The van der Waals surface area contributed by atoms with Crippen LogP contribution in [0.5, 0.6) is 0 Å². The molecular formula is C130H130FIr3N9O3Si3-6. The molecule has 0 atom stereocenters. The Bertz CT molecular complexity index is 8080. The van der Waals surface area contributed by atoms with Gasteiger partial charge in [-0.1, -0.05) is 318 Å². The van der Waals surface area contributed by atoms with Crippen LogP contribution in [0.2, 0.25) is 58.9 Å². The van der Waals surface area contributed by atoms with Crippen LogP contribution in [0.3, 0.4) is 0 Å². The first kappa shape index (κ1) is 113. The maximum Gasteiger partial charge on any atom is 0.216 e. The topological polar surface area (TPSA) is 155 Å². The summed E-state index contributed by atoms with van der Waals surface area (Å²) in [6.07, 6.45) is 15.8. The summed E-state index contributed by atoms with van der Waals surface area (Å²) in [5, 5.41) is 10.6. The number of halogens is 1. The van der Waals surface area contributed by atoms with Crippen molar-refractivity contribution in [2.45, 2.75) is 193 Å². The van der Waals surface area contributed by atoms with Crippen LogP contribution in [0, 0.1) is 81.2 Å². The van der Waals surface area contributed by atoms with Gasteiger partial charge in [0.1, 0.15) is 17.0 Å². The molecule has 765 valence electrons. The van der Waals surface area contributed by atoms with Crippen molar-refractivity contribution in [2.75, 3.05) is 0 Å². The molecular weight excluding hydrogens is 2420 g/mol. The van der Waals surface area contributed by atoms with Gasteiger partial charge in [-0.05, 0) is 165 Å².